The molecule has 0 unspecified atom stereocenters. The monoisotopic (exact) mass is 364 g/mol. The van der Waals surface area contributed by atoms with E-state index < -0.39 is 63.8 Å². The quantitative estimate of drug-likeness (QED) is 0.402. The number of amides is 4. The van der Waals surface area contributed by atoms with Gasteiger partial charge >= 0.3 is 12.1 Å². The average molecular weight is 364 g/mol. The third-order valence-electron chi connectivity index (χ3n) is 3.61. The first-order chi connectivity index (χ1) is 11.5. The fourth-order valence-electron chi connectivity index (χ4n) is 2.62. The van der Waals surface area contributed by atoms with E-state index >= 15 is 0 Å². The first kappa shape index (κ1) is 17.5. The summed E-state index contributed by atoms with van der Waals surface area (Å²) in [7, 11) is 0. The van der Waals surface area contributed by atoms with Gasteiger partial charge in [-0.15, -0.1) is 0 Å². The number of hydrogen-bond acceptors (Lipinski definition) is 10. The molecule has 18 heteroatoms. The predicted molar refractivity (Wildman–Crippen MR) is 68.0 cm³/mol. The van der Waals surface area contributed by atoms with Crippen LogP contribution in [-0.2, 0) is 0 Å². The molecule has 0 radical (unpaired) electrons. The van der Waals surface area contributed by atoms with E-state index in [2.05, 4.69) is 0 Å². The zero-order valence-electron chi connectivity index (χ0n) is 12.0. The summed E-state index contributed by atoms with van der Waals surface area (Å²) in [5, 5.41) is 38.0. The Morgan fingerprint density at radius 3 is 0.960 bits per heavy atom. The Kier molecular flexibility index (Phi) is 3.95. The minimum absolute atomic E-state index is 0.182. The zero-order chi connectivity index (χ0) is 19.1. The number of rotatable bonds is 4. The number of carbonyl (C=O) groups excluding carboxylic acids is 2. The third-order valence-corrected chi connectivity index (χ3v) is 3.61. The standard InChI is InChI=1S/C7H8N8O10/c16-5-8(12(18)19)1-7(2-9(5)13(20)21)3-10(14(22)23)6(17)11(4-7)15(24)25/h1-4H2. The van der Waals surface area contributed by atoms with Crippen molar-refractivity contribution >= 4 is 12.1 Å². The maximum Gasteiger partial charge on any atom is 0.435 e. The van der Waals surface area contributed by atoms with E-state index in [0.29, 0.717) is 0 Å². The fourth-order valence-corrected chi connectivity index (χ4v) is 2.62. The molecule has 18 nitrogen and oxygen atoms in total. The number of hydrogen-bond donors (Lipinski definition) is 0. The van der Waals surface area contributed by atoms with Crippen LogP contribution in [0.5, 0.6) is 0 Å². The molecule has 0 aliphatic carbocycles. The van der Waals surface area contributed by atoms with Gasteiger partial charge in [0.15, 0.2) is 20.1 Å². The maximum atomic E-state index is 11.7. The van der Waals surface area contributed by atoms with Crippen molar-refractivity contribution in [1.82, 2.24) is 20.0 Å². The molecule has 2 rings (SSSR count). The summed E-state index contributed by atoms with van der Waals surface area (Å²) in [5.41, 5.74) is -1.87. The molecule has 2 aliphatic heterocycles. The molecule has 0 atom stereocenters. The molecule has 1 spiro atoms. The van der Waals surface area contributed by atoms with E-state index in [-0.39, 0.29) is 20.0 Å². The van der Waals surface area contributed by atoms with Gasteiger partial charge in [0.1, 0.15) is 26.2 Å². The highest BCUT2D eigenvalue weighted by Crippen LogP contribution is 2.33. The van der Waals surface area contributed by atoms with Gasteiger partial charge in [0.25, 0.3) is 0 Å². The Morgan fingerprint density at radius 2 is 0.800 bits per heavy atom. The van der Waals surface area contributed by atoms with Gasteiger partial charge in [-0.25, -0.2) is 50.0 Å². The third kappa shape index (κ3) is 2.86. The molecule has 2 aliphatic rings. The Bertz CT molecular complexity index is 579. The van der Waals surface area contributed by atoms with Gasteiger partial charge in [0.2, 0.25) is 0 Å². The van der Waals surface area contributed by atoms with Crippen molar-refractivity contribution in [1.29, 1.82) is 0 Å². The van der Waals surface area contributed by atoms with Gasteiger partial charge < -0.3 is 0 Å². The van der Waals surface area contributed by atoms with Gasteiger partial charge in [0.05, 0.1) is 5.41 Å². The minimum Gasteiger partial charge on any atom is -0.237 e. The second kappa shape index (κ2) is 5.65. The summed E-state index contributed by atoms with van der Waals surface area (Å²) < 4.78 is 0. The molecule has 0 bridgehead atoms. The van der Waals surface area contributed by atoms with Crippen LogP contribution < -0.4 is 0 Å². The van der Waals surface area contributed by atoms with Crippen molar-refractivity contribution in [3.8, 4) is 0 Å². The largest absolute Gasteiger partial charge is 0.435 e. The number of urea groups is 2. The van der Waals surface area contributed by atoms with Gasteiger partial charge in [-0.3, -0.25) is 0 Å². The van der Waals surface area contributed by atoms with Crippen molar-refractivity contribution in [3.05, 3.63) is 40.5 Å². The van der Waals surface area contributed by atoms with E-state index in [1.54, 1.807) is 0 Å². The lowest BCUT2D eigenvalue weighted by molar-refractivity contribution is -0.697. The highest BCUT2D eigenvalue weighted by molar-refractivity contribution is 5.75. The molecule has 0 saturated carbocycles. The first-order valence-corrected chi connectivity index (χ1v) is 6.24. The molecule has 2 heterocycles. The van der Waals surface area contributed by atoms with Crippen LogP contribution in [0, 0.1) is 45.9 Å². The Balaban J connectivity index is 2.48. The molecule has 0 N–H and O–H groups in total. The Morgan fingerprint density at radius 1 is 0.600 bits per heavy atom. The SMILES string of the molecule is O=C1N([N+](=O)[O-])CC2(CN1[N+](=O)[O-])CN([N+](=O)[O-])C(=O)N([N+](=O)[O-])C2. The summed E-state index contributed by atoms with van der Waals surface area (Å²) in [6, 6.07) is -3.23. The second-order valence-corrected chi connectivity index (χ2v) is 5.25. The van der Waals surface area contributed by atoms with E-state index in [1.165, 1.54) is 0 Å². The van der Waals surface area contributed by atoms with Crippen molar-refractivity contribution in [3.63, 3.8) is 0 Å². The smallest absolute Gasteiger partial charge is 0.237 e. The summed E-state index contributed by atoms with van der Waals surface area (Å²) in [6.07, 6.45) is 0. The van der Waals surface area contributed by atoms with Crippen LogP contribution in [0.3, 0.4) is 0 Å². The summed E-state index contributed by atoms with van der Waals surface area (Å²) in [4.78, 5) is 67.3. The van der Waals surface area contributed by atoms with Gasteiger partial charge in [0, 0.05) is 0 Å². The van der Waals surface area contributed by atoms with E-state index in [4.69, 9.17) is 0 Å². The second-order valence-electron chi connectivity index (χ2n) is 5.25. The van der Waals surface area contributed by atoms with Crippen molar-refractivity contribution < 1.29 is 29.7 Å². The molecule has 0 aromatic carbocycles. The summed E-state index contributed by atoms with van der Waals surface area (Å²) in [5.74, 6) is 0. The van der Waals surface area contributed by atoms with E-state index in [9.17, 15) is 50.0 Å². The topological polar surface area (TPSA) is 220 Å². The van der Waals surface area contributed by atoms with Crippen LogP contribution in [0.15, 0.2) is 0 Å². The normalized spacial score (nSPS) is 20.0. The molecular weight excluding hydrogens is 356 g/mol. The molecule has 136 valence electrons. The van der Waals surface area contributed by atoms with Crippen molar-refractivity contribution in [2.75, 3.05) is 26.2 Å². The van der Waals surface area contributed by atoms with Crippen molar-refractivity contribution in [2.45, 2.75) is 0 Å². The summed E-state index contributed by atoms with van der Waals surface area (Å²) >= 11 is 0. The van der Waals surface area contributed by atoms with Gasteiger partial charge in [-0.05, 0) is 20.0 Å². The molecular formula is C7H8N8O10. The Hall–Kier alpha value is -3.86. The maximum absolute atomic E-state index is 11.7. The lowest BCUT2D eigenvalue weighted by atomic mass is 9.84. The van der Waals surface area contributed by atoms with Crippen LogP contribution in [0.1, 0.15) is 0 Å². The molecule has 4 amide bonds. The highest BCUT2D eigenvalue weighted by atomic mass is 16.7. The van der Waals surface area contributed by atoms with Crippen LogP contribution in [-0.4, -0.2) is 78.4 Å². The number of nitrogens with zero attached hydrogens (tertiary/aromatic N) is 8. The van der Waals surface area contributed by atoms with Crippen molar-refractivity contribution in [2.24, 2.45) is 5.41 Å². The average Bonchev–Trinajstić information content (AvgIpc) is 2.50. The van der Waals surface area contributed by atoms with Crippen LogP contribution in [0.25, 0.3) is 0 Å². The van der Waals surface area contributed by atoms with E-state index in [0.717, 1.165) is 0 Å². The number of nitro groups is 4. The van der Waals surface area contributed by atoms with Gasteiger partial charge in [-0.2, -0.15) is 0 Å². The van der Waals surface area contributed by atoms with Crippen LogP contribution in [0.2, 0.25) is 0 Å². The van der Waals surface area contributed by atoms with E-state index in [1.807, 2.05) is 0 Å². The first-order valence-electron chi connectivity index (χ1n) is 6.24. The lowest BCUT2D eigenvalue weighted by Crippen LogP contribution is -2.71. The molecule has 2 saturated heterocycles. The van der Waals surface area contributed by atoms with Crippen LogP contribution >= 0.6 is 0 Å². The molecule has 2 fully saturated rings. The predicted octanol–water partition coefficient (Wildman–Crippen LogP) is -1.79. The molecule has 0 aromatic heterocycles. The lowest BCUT2D eigenvalue weighted by Gasteiger charge is -2.42. The number of carbonyl (C=O) groups is 2. The Labute approximate surface area is 135 Å². The molecule has 25 heavy (non-hydrogen) atoms. The number of hydrazine groups is 4. The molecule has 0 aromatic rings. The fraction of sp³-hybridized carbons (Fsp3) is 0.714. The van der Waals surface area contributed by atoms with Gasteiger partial charge in [-0.1, -0.05) is 0 Å². The summed E-state index contributed by atoms with van der Waals surface area (Å²) in [6.45, 7) is -3.59. The minimum atomic E-state index is -1.87. The van der Waals surface area contributed by atoms with Crippen LogP contribution in [0.4, 0.5) is 9.59 Å². The zero-order valence-corrected chi connectivity index (χ0v) is 12.0. The highest BCUT2D eigenvalue weighted by Gasteiger charge is 2.61.